The third kappa shape index (κ3) is 4.52. The number of ether oxygens (including phenoxy) is 1. The summed E-state index contributed by atoms with van der Waals surface area (Å²) >= 11 is 0. The van der Waals surface area contributed by atoms with Crippen LogP contribution in [0.25, 0.3) is 0 Å². The van der Waals surface area contributed by atoms with Crippen molar-refractivity contribution in [2.45, 2.75) is 31.3 Å². The molecular weight excluding hydrogens is 264 g/mol. The lowest BCUT2D eigenvalue weighted by molar-refractivity contribution is -0.149. The van der Waals surface area contributed by atoms with Crippen LogP contribution in [0, 0.1) is 0 Å². The minimum absolute atomic E-state index is 0.217. The van der Waals surface area contributed by atoms with Crippen molar-refractivity contribution in [1.82, 2.24) is 0 Å². The van der Waals surface area contributed by atoms with Gasteiger partial charge in [0.15, 0.2) is 9.84 Å². The molecule has 0 amide bonds. The van der Waals surface area contributed by atoms with Gasteiger partial charge in [-0.15, -0.1) is 0 Å². The number of carbonyl (C=O) groups excluding carboxylic acids is 1. The van der Waals surface area contributed by atoms with Crippen LogP contribution in [0.1, 0.15) is 20.8 Å². The van der Waals surface area contributed by atoms with Crippen molar-refractivity contribution in [2.24, 2.45) is 0 Å². The number of hydrogen-bond donors (Lipinski definition) is 0. The van der Waals surface area contributed by atoms with Crippen molar-refractivity contribution in [3.63, 3.8) is 0 Å². The van der Waals surface area contributed by atoms with Gasteiger partial charge in [0.2, 0.25) is 0 Å². The van der Waals surface area contributed by atoms with Crippen molar-refractivity contribution >= 4 is 15.8 Å². The molecule has 0 N–H and O–H groups in total. The van der Waals surface area contributed by atoms with Gasteiger partial charge in [-0.3, -0.25) is 0 Å². The summed E-state index contributed by atoms with van der Waals surface area (Å²) in [4.78, 5) is 11.7. The van der Waals surface area contributed by atoms with E-state index in [1.54, 1.807) is 32.0 Å². The van der Waals surface area contributed by atoms with Gasteiger partial charge in [0, 0.05) is 5.57 Å². The molecule has 0 radical (unpaired) electrons. The van der Waals surface area contributed by atoms with Crippen molar-refractivity contribution < 1.29 is 17.9 Å². The zero-order valence-corrected chi connectivity index (χ0v) is 12.2. The van der Waals surface area contributed by atoms with E-state index in [0.717, 1.165) is 0 Å². The van der Waals surface area contributed by atoms with Crippen LogP contribution in [0.2, 0.25) is 0 Å². The van der Waals surface area contributed by atoms with Gasteiger partial charge in [-0.05, 0) is 32.9 Å². The number of rotatable bonds is 5. The molecule has 0 aliphatic heterocycles. The van der Waals surface area contributed by atoms with E-state index >= 15 is 0 Å². The normalized spacial score (nSPS) is 11.9. The largest absolute Gasteiger partial charge is 0.455 e. The zero-order chi connectivity index (χ0) is 14.7. The number of hydrogen-bond acceptors (Lipinski definition) is 4. The molecule has 0 aromatic heterocycles. The molecule has 1 aromatic rings. The van der Waals surface area contributed by atoms with Crippen LogP contribution in [0.5, 0.6) is 0 Å². The molecule has 0 aliphatic carbocycles. The van der Waals surface area contributed by atoms with Crippen LogP contribution in [0.15, 0.2) is 47.4 Å². The number of esters is 1. The summed E-state index contributed by atoms with van der Waals surface area (Å²) in [5.41, 5.74) is -0.866. The van der Waals surface area contributed by atoms with Crippen LogP contribution < -0.4 is 0 Å². The molecule has 4 nitrogen and oxygen atoms in total. The van der Waals surface area contributed by atoms with Crippen LogP contribution >= 0.6 is 0 Å². The third-order valence-electron chi connectivity index (χ3n) is 2.36. The Morgan fingerprint density at radius 1 is 1.26 bits per heavy atom. The van der Waals surface area contributed by atoms with E-state index in [1.165, 1.54) is 19.1 Å². The standard InChI is InChI=1S/C14H18O4S/c1-11(2)13(15)18-14(3,4)10-19(16,17)12-8-6-5-7-9-12/h5-9H,1,10H2,2-4H3. The molecule has 1 aromatic carbocycles. The molecule has 5 heteroatoms. The number of benzene rings is 1. The molecule has 0 atom stereocenters. The predicted octanol–water partition coefficient (Wildman–Crippen LogP) is 2.36. The second-order valence-electron chi connectivity index (χ2n) is 5.00. The summed E-state index contributed by atoms with van der Waals surface area (Å²) in [6.45, 7) is 8.12. The Morgan fingerprint density at radius 3 is 2.26 bits per heavy atom. The molecule has 0 saturated heterocycles. The van der Waals surface area contributed by atoms with E-state index in [-0.39, 0.29) is 16.2 Å². The first-order chi connectivity index (χ1) is 8.64. The van der Waals surface area contributed by atoms with E-state index in [2.05, 4.69) is 6.58 Å². The molecule has 0 fully saturated rings. The third-order valence-corrected chi connectivity index (χ3v) is 4.42. The van der Waals surface area contributed by atoms with Gasteiger partial charge in [-0.1, -0.05) is 24.8 Å². The molecule has 104 valence electrons. The molecule has 0 aliphatic rings. The van der Waals surface area contributed by atoms with Gasteiger partial charge in [0.25, 0.3) is 0 Å². The fourth-order valence-corrected chi connectivity index (χ4v) is 3.25. The van der Waals surface area contributed by atoms with Gasteiger partial charge in [0.1, 0.15) is 5.60 Å². The quantitative estimate of drug-likeness (QED) is 0.614. The fraction of sp³-hybridized carbons (Fsp3) is 0.357. The van der Waals surface area contributed by atoms with Gasteiger partial charge in [0.05, 0.1) is 10.6 Å². The lowest BCUT2D eigenvalue weighted by Gasteiger charge is -2.25. The monoisotopic (exact) mass is 282 g/mol. The van der Waals surface area contributed by atoms with Crippen LogP contribution in [0.3, 0.4) is 0 Å². The molecule has 0 unspecified atom stereocenters. The second kappa shape index (κ2) is 5.57. The van der Waals surface area contributed by atoms with E-state index in [9.17, 15) is 13.2 Å². The lowest BCUT2D eigenvalue weighted by Crippen LogP contribution is -2.36. The highest BCUT2D eigenvalue weighted by Gasteiger charge is 2.31. The smallest absolute Gasteiger partial charge is 0.333 e. The Labute approximate surface area is 114 Å². The Bertz CT molecular complexity index is 571. The first-order valence-corrected chi connectivity index (χ1v) is 7.46. The van der Waals surface area contributed by atoms with Gasteiger partial charge < -0.3 is 4.74 Å². The highest BCUT2D eigenvalue weighted by atomic mass is 32.2. The SMILES string of the molecule is C=C(C)C(=O)OC(C)(C)CS(=O)(=O)c1ccccc1. The highest BCUT2D eigenvalue weighted by molar-refractivity contribution is 7.91. The Balaban J connectivity index is 2.89. The summed E-state index contributed by atoms with van der Waals surface area (Å²) in [5.74, 6) is -0.864. The molecule has 0 saturated carbocycles. The Morgan fingerprint density at radius 2 is 1.79 bits per heavy atom. The Hall–Kier alpha value is -1.62. The van der Waals surface area contributed by atoms with Crippen LogP contribution in [-0.2, 0) is 19.4 Å². The second-order valence-corrected chi connectivity index (χ2v) is 6.99. The summed E-state index contributed by atoms with van der Waals surface area (Å²) in [6, 6.07) is 8.09. The average molecular weight is 282 g/mol. The van der Waals surface area contributed by atoms with Crippen molar-refractivity contribution in [1.29, 1.82) is 0 Å². The zero-order valence-electron chi connectivity index (χ0n) is 11.3. The van der Waals surface area contributed by atoms with Crippen molar-refractivity contribution in [3.8, 4) is 0 Å². The van der Waals surface area contributed by atoms with Crippen LogP contribution in [-0.4, -0.2) is 25.7 Å². The molecule has 19 heavy (non-hydrogen) atoms. The molecule has 0 spiro atoms. The lowest BCUT2D eigenvalue weighted by atomic mass is 10.2. The first kappa shape index (κ1) is 15.4. The van der Waals surface area contributed by atoms with E-state index in [0.29, 0.717) is 0 Å². The van der Waals surface area contributed by atoms with Crippen LogP contribution in [0.4, 0.5) is 0 Å². The maximum atomic E-state index is 12.2. The summed E-state index contributed by atoms with van der Waals surface area (Å²) < 4.78 is 29.5. The topological polar surface area (TPSA) is 60.4 Å². The molecule has 0 heterocycles. The fourth-order valence-electron chi connectivity index (χ4n) is 1.54. The number of carbonyl (C=O) groups is 1. The summed E-state index contributed by atoms with van der Waals surface area (Å²) in [6.07, 6.45) is 0. The molecule has 1 rings (SSSR count). The summed E-state index contributed by atoms with van der Waals surface area (Å²) in [5, 5.41) is 0. The maximum absolute atomic E-state index is 12.2. The predicted molar refractivity (Wildman–Crippen MR) is 73.5 cm³/mol. The first-order valence-electron chi connectivity index (χ1n) is 5.81. The van der Waals surface area contributed by atoms with E-state index in [4.69, 9.17) is 4.74 Å². The molecular formula is C14H18O4S. The average Bonchev–Trinajstić information content (AvgIpc) is 2.27. The van der Waals surface area contributed by atoms with E-state index < -0.39 is 21.4 Å². The Kier molecular flexibility index (Phi) is 4.52. The maximum Gasteiger partial charge on any atom is 0.333 e. The van der Waals surface area contributed by atoms with Gasteiger partial charge in [-0.25, -0.2) is 13.2 Å². The van der Waals surface area contributed by atoms with Gasteiger partial charge >= 0.3 is 5.97 Å². The number of sulfone groups is 1. The summed E-state index contributed by atoms with van der Waals surface area (Å²) in [7, 11) is -3.50. The van der Waals surface area contributed by atoms with Crippen molar-refractivity contribution in [3.05, 3.63) is 42.5 Å². The molecule has 0 bridgehead atoms. The minimum Gasteiger partial charge on any atom is -0.455 e. The van der Waals surface area contributed by atoms with Crippen molar-refractivity contribution in [2.75, 3.05) is 5.75 Å². The van der Waals surface area contributed by atoms with E-state index in [1.807, 2.05) is 0 Å². The van der Waals surface area contributed by atoms with Gasteiger partial charge in [-0.2, -0.15) is 0 Å². The highest BCUT2D eigenvalue weighted by Crippen LogP contribution is 2.20. The minimum atomic E-state index is -3.50.